The van der Waals surface area contributed by atoms with Crippen molar-refractivity contribution in [1.82, 2.24) is 20.9 Å². The Balaban J connectivity index is 1.30. The van der Waals surface area contributed by atoms with Crippen molar-refractivity contribution in [2.45, 2.75) is 89.3 Å². The summed E-state index contributed by atoms with van der Waals surface area (Å²) < 4.78 is 0. The second-order valence-corrected chi connectivity index (χ2v) is 12.8. The third kappa shape index (κ3) is 6.71. The van der Waals surface area contributed by atoms with E-state index in [-0.39, 0.29) is 41.6 Å². The van der Waals surface area contributed by atoms with Crippen molar-refractivity contribution < 1.29 is 19.2 Å². The Morgan fingerprint density at radius 1 is 1.00 bits per heavy atom. The average molecular weight is 588 g/mol. The normalized spacial score (nSPS) is 22.6. The average Bonchev–Trinajstić information content (AvgIpc) is 3.60. The van der Waals surface area contributed by atoms with Crippen LogP contribution in [0.4, 0.5) is 10.5 Å². The van der Waals surface area contributed by atoms with E-state index in [1.54, 1.807) is 11.9 Å². The Morgan fingerprint density at radius 2 is 1.72 bits per heavy atom. The minimum atomic E-state index is -1.02. The van der Waals surface area contributed by atoms with Gasteiger partial charge in [0, 0.05) is 38.5 Å². The Morgan fingerprint density at radius 3 is 2.40 bits per heavy atom. The Labute approximate surface area is 254 Å². The van der Waals surface area contributed by atoms with Crippen LogP contribution in [0.5, 0.6) is 0 Å². The number of nitrogens with zero attached hydrogens (tertiary/aromatic N) is 1. The lowest BCUT2D eigenvalue weighted by Gasteiger charge is -2.36. The van der Waals surface area contributed by atoms with E-state index in [0.717, 1.165) is 48.8 Å². The molecule has 5 rings (SSSR count). The number of likely N-dealkylation sites (N-methyl/N-ethyl adjacent to an activating group) is 1. The van der Waals surface area contributed by atoms with Crippen molar-refractivity contribution in [2.24, 2.45) is 11.8 Å². The van der Waals surface area contributed by atoms with Crippen molar-refractivity contribution in [3.63, 3.8) is 0 Å². The zero-order valence-corrected chi connectivity index (χ0v) is 25.6. The first-order valence-corrected chi connectivity index (χ1v) is 15.8. The van der Waals surface area contributed by atoms with Gasteiger partial charge in [-0.15, -0.1) is 0 Å². The summed E-state index contributed by atoms with van der Waals surface area (Å²) in [4.78, 5) is 54.8. The van der Waals surface area contributed by atoms with Crippen molar-refractivity contribution in [2.75, 3.05) is 18.9 Å². The van der Waals surface area contributed by atoms with Gasteiger partial charge in [0.2, 0.25) is 17.7 Å². The summed E-state index contributed by atoms with van der Waals surface area (Å²) in [6, 6.07) is 14.7. The first kappa shape index (κ1) is 30.6. The molecule has 43 heavy (non-hydrogen) atoms. The first-order chi connectivity index (χ1) is 20.7. The van der Waals surface area contributed by atoms with Crippen LogP contribution in [0, 0.1) is 11.8 Å². The monoisotopic (exact) mass is 587 g/mol. The molecule has 2 aromatic rings. The van der Waals surface area contributed by atoms with Crippen LogP contribution < -0.4 is 21.3 Å². The fourth-order valence-corrected chi connectivity index (χ4v) is 6.98. The Kier molecular flexibility index (Phi) is 9.37. The van der Waals surface area contributed by atoms with Crippen LogP contribution in [0.2, 0.25) is 0 Å². The minimum absolute atomic E-state index is 0.0211. The van der Waals surface area contributed by atoms with Gasteiger partial charge in [0.25, 0.3) is 0 Å². The van der Waals surface area contributed by atoms with Gasteiger partial charge in [0.05, 0.1) is 6.04 Å². The summed E-state index contributed by atoms with van der Waals surface area (Å²) in [5.41, 5.74) is 2.61. The number of anilines is 1. The van der Waals surface area contributed by atoms with Crippen LogP contribution in [-0.4, -0.2) is 59.9 Å². The lowest BCUT2D eigenvalue weighted by Crippen LogP contribution is -2.60. The van der Waals surface area contributed by atoms with Gasteiger partial charge in [-0.1, -0.05) is 69.5 Å². The molecule has 2 aliphatic carbocycles. The van der Waals surface area contributed by atoms with E-state index in [2.05, 4.69) is 35.1 Å². The van der Waals surface area contributed by atoms with Gasteiger partial charge in [-0.2, -0.15) is 0 Å². The molecule has 2 aromatic carbocycles. The molecule has 9 nitrogen and oxygen atoms in total. The van der Waals surface area contributed by atoms with Crippen LogP contribution in [0.25, 0.3) is 0 Å². The van der Waals surface area contributed by atoms with Crippen LogP contribution in [-0.2, 0) is 33.6 Å². The van der Waals surface area contributed by atoms with Crippen LogP contribution in [0.15, 0.2) is 48.5 Å². The highest BCUT2D eigenvalue weighted by Crippen LogP contribution is 2.38. The van der Waals surface area contributed by atoms with Gasteiger partial charge in [-0.3, -0.25) is 14.4 Å². The predicted molar refractivity (Wildman–Crippen MR) is 166 cm³/mol. The number of fused-ring (bicyclic) bond motifs is 1. The molecular weight excluding hydrogens is 542 g/mol. The first-order valence-electron chi connectivity index (χ1n) is 15.8. The van der Waals surface area contributed by atoms with Crippen molar-refractivity contribution in [1.29, 1.82) is 0 Å². The molecule has 230 valence electrons. The van der Waals surface area contributed by atoms with E-state index in [4.69, 9.17) is 0 Å². The smallest absolute Gasteiger partial charge is 0.318 e. The third-order valence-electron chi connectivity index (χ3n) is 9.55. The number of rotatable bonds is 10. The topological polar surface area (TPSA) is 120 Å². The Bertz CT molecular complexity index is 1340. The largest absolute Gasteiger partial charge is 0.357 e. The summed E-state index contributed by atoms with van der Waals surface area (Å²) in [6.45, 7) is 4.59. The van der Waals surface area contributed by atoms with Crippen LogP contribution >= 0.6 is 0 Å². The predicted octanol–water partition coefficient (Wildman–Crippen LogP) is 3.96. The molecule has 2 fully saturated rings. The van der Waals surface area contributed by atoms with Crippen molar-refractivity contribution in [3.05, 3.63) is 65.2 Å². The maximum Gasteiger partial charge on any atom is 0.318 e. The lowest BCUT2D eigenvalue weighted by atomic mass is 9.83. The molecule has 1 saturated carbocycles. The van der Waals surface area contributed by atoms with Crippen LogP contribution in [0.3, 0.4) is 0 Å². The van der Waals surface area contributed by atoms with Crippen molar-refractivity contribution in [3.8, 4) is 0 Å². The van der Waals surface area contributed by atoms with Gasteiger partial charge in [0.15, 0.2) is 0 Å². The van der Waals surface area contributed by atoms with E-state index in [1.165, 1.54) is 0 Å². The molecule has 0 bridgehead atoms. The number of urea groups is 1. The van der Waals surface area contributed by atoms with E-state index in [1.807, 2.05) is 48.5 Å². The third-order valence-corrected chi connectivity index (χ3v) is 9.55. The second-order valence-electron chi connectivity index (χ2n) is 12.8. The molecule has 0 aromatic heterocycles. The highest BCUT2D eigenvalue weighted by atomic mass is 16.2. The quantitative estimate of drug-likeness (QED) is 0.337. The maximum atomic E-state index is 13.7. The molecule has 3 atom stereocenters. The zero-order valence-electron chi connectivity index (χ0n) is 25.6. The summed E-state index contributed by atoms with van der Waals surface area (Å²) >= 11 is 0. The number of aryl methyl sites for hydroxylation is 1. The molecule has 1 heterocycles. The maximum absolute atomic E-state index is 13.7. The van der Waals surface area contributed by atoms with Gasteiger partial charge in [-0.05, 0) is 59.9 Å². The Hall–Kier alpha value is -3.88. The summed E-state index contributed by atoms with van der Waals surface area (Å²) in [6.07, 6.45) is 6.79. The molecule has 1 unspecified atom stereocenters. The molecule has 9 heteroatoms. The number of hydrogen-bond donors (Lipinski definition) is 4. The van der Waals surface area contributed by atoms with Crippen molar-refractivity contribution >= 4 is 29.4 Å². The number of hydrogen-bond acceptors (Lipinski definition) is 4. The molecule has 5 amide bonds. The molecular formula is C34H45N5O4. The van der Waals surface area contributed by atoms with Gasteiger partial charge >= 0.3 is 6.03 Å². The van der Waals surface area contributed by atoms with E-state index < -0.39 is 11.6 Å². The second kappa shape index (κ2) is 13.2. The fraction of sp³-hybridized carbons (Fsp3) is 0.529. The molecule has 0 spiro atoms. The number of benzene rings is 2. The summed E-state index contributed by atoms with van der Waals surface area (Å²) in [7, 11) is 1.60. The lowest BCUT2D eigenvalue weighted by molar-refractivity contribution is -0.130. The molecule has 1 aliphatic heterocycles. The number of amides is 5. The van der Waals surface area contributed by atoms with E-state index >= 15 is 0 Å². The summed E-state index contributed by atoms with van der Waals surface area (Å²) in [5.74, 6) is -0.189. The number of nitrogens with one attached hydrogen (secondary N) is 4. The van der Waals surface area contributed by atoms with E-state index in [0.29, 0.717) is 37.9 Å². The molecule has 4 N–H and O–H groups in total. The fourth-order valence-electron chi connectivity index (χ4n) is 6.98. The SMILES string of the molecule is CNC(=O)C1(N2C[C@@H](C(C)C)NC2=O)Cc2ccc(NC(=O)[C@@H](NC(=O)CCc3ccccc3)C3CCCCC3)cc2C1. The molecule has 1 saturated heterocycles. The van der Waals surface area contributed by atoms with Gasteiger partial charge in [-0.25, -0.2) is 4.79 Å². The highest BCUT2D eigenvalue weighted by molar-refractivity contribution is 5.98. The van der Waals surface area contributed by atoms with Crippen LogP contribution in [0.1, 0.15) is 69.1 Å². The highest BCUT2D eigenvalue weighted by Gasteiger charge is 2.53. The molecule has 0 radical (unpaired) electrons. The number of carbonyl (C=O) groups is 4. The zero-order chi connectivity index (χ0) is 30.6. The molecule has 3 aliphatic rings. The summed E-state index contributed by atoms with van der Waals surface area (Å²) in [5, 5.41) is 12.0. The van der Waals surface area contributed by atoms with Gasteiger partial charge in [0.1, 0.15) is 11.6 Å². The van der Waals surface area contributed by atoms with Gasteiger partial charge < -0.3 is 26.2 Å². The minimum Gasteiger partial charge on any atom is -0.357 e. The number of carbonyl (C=O) groups excluding carboxylic acids is 4. The standard InChI is InChI=1S/C34H45N5O4/c1-22(2)28-21-39(33(43)37-28)34(32(42)35-3)19-25-15-16-27(18-26(25)20-34)36-31(41)30(24-12-8-5-9-13-24)38-29(40)17-14-23-10-6-4-7-11-23/h4,6-7,10-11,15-16,18,22,24,28,30H,5,8-9,12-14,17,19-21H2,1-3H3,(H,35,42)(H,36,41)(H,37,43)(H,38,40)/t28-,30-,34?/m0/s1. The van der Waals surface area contributed by atoms with E-state index in [9.17, 15) is 19.2 Å².